The molecule has 1 amide bonds. The van der Waals surface area contributed by atoms with Gasteiger partial charge in [0.15, 0.2) is 17.6 Å². The summed E-state index contributed by atoms with van der Waals surface area (Å²) in [4.78, 5) is 24.2. The summed E-state index contributed by atoms with van der Waals surface area (Å²) in [6, 6.07) is 13.6. The number of para-hydroxylation sites is 1. The number of carbonyl (C=O) groups is 2. The second-order valence-corrected chi connectivity index (χ2v) is 5.67. The molecule has 1 atom stereocenters. The van der Waals surface area contributed by atoms with E-state index in [1.165, 1.54) is 33.3 Å². The Labute approximate surface area is 163 Å². The topological polar surface area (TPSA) is 97.6 Å². The molecule has 0 bridgehead atoms. The summed E-state index contributed by atoms with van der Waals surface area (Å²) in [5.41, 5.74) is 1.62. The zero-order valence-corrected chi connectivity index (χ0v) is 15.8. The predicted molar refractivity (Wildman–Crippen MR) is 104 cm³/mol. The first kappa shape index (κ1) is 20.5. The van der Waals surface area contributed by atoms with Gasteiger partial charge in [0, 0.05) is 17.3 Å². The normalized spacial score (nSPS) is 11.4. The lowest BCUT2D eigenvalue weighted by Crippen LogP contribution is -2.29. The van der Waals surface area contributed by atoms with Crippen molar-refractivity contribution in [2.75, 3.05) is 19.5 Å². The molecule has 7 nitrogen and oxygen atoms in total. The highest BCUT2D eigenvalue weighted by atomic mass is 16.5. The van der Waals surface area contributed by atoms with Crippen LogP contribution in [0.3, 0.4) is 0 Å². The Kier molecular flexibility index (Phi) is 7.17. The van der Waals surface area contributed by atoms with Gasteiger partial charge in [-0.3, -0.25) is 4.79 Å². The van der Waals surface area contributed by atoms with E-state index in [-0.39, 0.29) is 0 Å². The highest BCUT2D eigenvalue weighted by Crippen LogP contribution is 2.31. The van der Waals surface area contributed by atoms with Crippen molar-refractivity contribution >= 4 is 23.6 Å². The minimum atomic E-state index is -1.00. The number of hydrogen-bond donors (Lipinski definition) is 1. The first-order chi connectivity index (χ1) is 13.5. The van der Waals surface area contributed by atoms with Gasteiger partial charge in [0.2, 0.25) is 0 Å². The van der Waals surface area contributed by atoms with E-state index in [9.17, 15) is 9.59 Å². The molecule has 0 heterocycles. The molecule has 28 heavy (non-hydrogen) atoms. The number of amides is 1. The number of nitrogens with one attached hydrogen (secondary N) is 1. The van der Waals surface area contributed by atoms with Crippen LogP contribution in [0.2, 0.25) is 0 Å². The summed E-state index contributed by atoms with van der Waals surface area (Å²) >= 11 is 0. The largest absolute Gasteiger partial charge is 0.493 e. The van der Waals surface area contributed by atoms with Crippen molar-refractivity contribution in [1.29, 1.82) is 5.26 Å². The zero-order valence-electron chi connectivity index (χ0n) is 15.8. The van der Waals surface area contributed by atoms with Gasteiger partial charge in [-0.15, -0.1) is 0 Å². The molecule has 0 spiro atoms. The quantitative estimate of drug-likeness (QED) is 0.585. The van der Waals surface area contributed by atoms with Crippen molar-refractivity contribution in [2.24, 2.45) is 0 Å². The molecule has 0 saturated heterocycles. The third-order valence-electron chi connectivity index (χ3n) is 3.78. The van der Waals surface area contributed by atoms with Crippen molar-refractivity contribution in [3.05, 3.63) is 59.7 Å². The standard InChI is InChI=1S/C21H20N2O5/c1-14(21(25)23-17-10-7-15(13-22)8-11-17)28-19(24)12-9-16-5-4-6-18(26-2)20(16)27-3/h4-12,14H,1-3H3,(H,23,25)/b12-9+/t14-/m0/s1. The van der Waals surface area contributed by atoms with E-state index in [0.717, 1.165) is 0 Å². The van der Waals surface area contributed by atoms with Crippen molar-refractivity contribution in [2.45, 2.75) is 13.0 Å². The Hall–Kier alpha value is -3.79. The van der Waals surface area contributed by atoms with Gasteiger partial charge in [-0.05, 0) is 43.3 Å². The van der Waals surface area contributed by atoms with Crippen LogP contribution in [0.5, 0.6) is 11.5 Å². The monoisotopic (exact) mass is 380 g/mol. The summed E-state index contributed by atoms with van der Waals surface area (Å²) in [6.07, 6.45) is 1.73. The number of hydrogen-bond acceptors (Lipinski definition) is 6. The molecule has 0 aliphatic carbocycles. The summed E-state index contributed by atoms with van der Waals surface area (Å²) < 4.78 is 15.6. The zero-order chi connectivity index (χ0) is 20.5. The number of carbonyl (C=O) groups excluding carboxylic acids is 2. The molecule has 0 saturated carbocycles. The van der Waals surface area contributed by atoms with Crippen molar-refractivity contribution < 1.29 is 23.8 Å². The van der Waals surface area contributed by atoms with Crippen LogP contribution in [-0.2, 0) is 14.3 Å². The van der Waals surface area contributed by atoms with Crippen LogP contribution in [0.4, 0.5) is 5.69 Å². The molecule has 2 aromatic carbocycles. The van der Waals surface area contributed by atoms with Crippen molar-refractivity contribution in [3.8, 4) is 17.6 Å². The van der Waals surface area contributed by atoms with Crippen LogP contribution < -0.4 is 14.8 Å². The first-order valence-corrected chi connectivity index (χ1v) is 8.39. The molecule has 144 valence electrons. The van der Waals surface area contributed by atoms with E-state index in [4.69, 9.17) is 19.5 Å². The second kappa shape index (κ2) is 9.78. The first-order valence-electron chi connectivity index (χ1n) is 8.39. The van der Waals surface area contributed by atoms with Gasteiger partial charge < -0.3 is 19.5 Å². The fraction of sp³-hybridized carbons (Fsp3) is 0.190. The third kappa shape index (κ3) is 5.35. The molecule has 0 aliphatic heterocycles. The molecule has 2 rings (SSSR count). The molecule has 0 radical (unpaired) electrons. The molecule has 0 unspecified atom stereocenters. The lowest BCUT2D eigenvalue weighted by Gasteiger charge is -2.12. The van der Waals surface area contributed by atoms with Gasteiger partial charge in [-0.2, -0.15) is 5.26 Å². The van der Waals surface area contributed by atoms with E-state index in [2.05, 4.69) is 5.32 Å². The van der Waals surface area contributed by atoms with Crippen molar-refractivity contribution in [1.82, 2.24) is 0 Å². The summed E-state index contributed by atoms with van der Waals surface area (Å²) in [7, 11) is 3.02. The number of nitriles is 1. The molecule has 0 fully saturated rings. The lowest BCUT2D eigenvalue weighted by molar-refractivity contribution is -0.148. The number of benzene rings is 2. The number of ether oxygens (including phenoxy) is 3. The Morgan fingerprint density at radius 1 is 1.11 bits per heavy atom. The van der Waals surface area contributed by atoms with E-state index < -0.39 is 18.0 Å². The van der Waals surface area contributed by atoms with Crippen LogP contribution in [0.15, 0.2) is 48.5 Å². The average Bonchev–Trinajstić information content (AvgIpc) is 2.72. The minimum absolute atomic E-state index is 0.481. The molecule has 0 aromatic heterocycles. The van der Waals surface area contributed by atoms with Gasteiger partial charge in [0.1, 0.15) is 0 Å². The second-order valence-electron chi connectivity index (χ2n) is 5.67. The third-order valence-corrected chi connectivity index (χ3v) is 3.78. The van der Waals surface area contributed by atoms with Crippen LogP contribution in [0.1, 0.15) is 18.1 Å². The van der Waals surface area contributed by atoms with Gasteiger partial charge in [0.25, 0.3) is 5.91 Å². The Bertz CT molecular complexity index is 913. The maximum atomic E-state index is 12.1. The fourth-order valence-electron chi connectivity index (χ4n) is 2.34. The number of anilines is 1. The molecular formula is C21H20N2O5. The SMILES string of the molecule is COc1cccc(/C=C/C(=O)O[C@@H](C)C(=O)Nc2ccc(C#N)cc2)c1OC. The molecule has 0 aliphatic rings. The summed E-state index contributed by atoms with van der Waals surface area (Å²) in [5, 5.41) is 11.4. The maximum absolute atomic E-state index is 12.1. The van der Waals surface area contributed by atoms with Crippen LogP contribution in [0, 0.1) is 11.3 Å². The molecule has 1 N–H and O–H groups in total. The number of rotatable bonds is 7. The number of esters is 1. The molecule has 2 aromatic rings. The summed E-state index contributed by atoms with van der Waals surface area (Å²) in [5.74, 6) is -0.133. The predicted octanol–water partition coefficient (Wildman–Crippen LogP) is 3.16. The van der Waals surface area contributed by atoms with Crippen LogP contribution in [0.25, 0.3) is 6.08 Å². The van der Waals surface area contributed by atoms with E-state index in [0.29, 0.717) is 28.3 Å². The number of methoxy groups -OCH3 is 2. The summed E-state index contributed by atoms with van der Waals surface area (Å²) in [6.45, 7) is 1.47. The smallest absolute Gasteiger partial charge is 0.331 e. The average molecular weight is 380 g/mol. The van der Waals surface area contributed by atoms with Gasteiger partial charge in [-0.25, -0.2) is 4.79 Å². The van der Waals surface area contributed by atoms with Gasteiger partial charge in [-0.1, -0.05) is 12.1 Å². The fourth-order valence-corrected chi connectivity index (χ4v) is 2.34. The van der Waals surface area contributed by atoms with E-state index in [1.807, 2.05) is 6.07 Å². The maximum Gasteiger partial charge on any atom is 0.331 e. The van der Waals surface area contributed by atoms with Gasteiger partial charge >= 0.3 is 5.97 Å². The Morgan fingerprint density at radius 2 is 1.82 bits per heavy atom. The molecule has 7 heteroatoms. The highest BCUT2D eigenvalue weighted by molar-refractivity contribution is 5.96. The van der Waals surface area contributed by atoms with E-state index in [1.54, 1.807) is 42.5 Å². The van der Waals surface area contributed by atoms with Crippen molar-refractivity contribution in [3.63, 3.8) is 0 Å². The lowest BCUT2D eigenvalue weighted by atomic mass is 10.1. The minimum Gasteiger partial charge on any atom is -0.493 e. The van der Waals surface area contributed by atoms with E-state index >= 15 is 0 Å². The highest BCUT2D eigenvalue weighted by Gasteiger charge is 2.17. The Balaban J connectivity index is 1.97. The van der Waals surface area contributed by atoms with Gasteiger partial charge in [0.05, 0.1) is 25.9 Å². The molecular weight excluding hydrogens is 360 g/mol. The number of nitrogens with zero attached hydrogens (tertiary/aromatic N) is 1. The van der Waals surface area contributed by atoms with Crippen LogP contribution in [-0.4, -0.2) is 32.2 Å². The Morgan fingerprint density at radius 3 is 2.43 bits per heavy atom. The van der Waals surface area contributed by atoms with Crippen LogP contribution >= 0.6 is 0 Å².